The molecule has 0 fully saturated rings. The van der Waals surface area contributed by atoms with E-state index in [1.807, 2.05) is 25.3 Å². The summed E-state index contributed by atoms with van der Waals surface area (Å²) in [6.07, 6.45) is 4.47. The smallest absolute Gasteiger partial charge is 0.213 e. The number of hydrogen-bond donors (Lipinski definition) is 1. The highest BCUT2D eigenvalue weighted by Crippen LogP contribution is 2.29. The molecule has 0 saturated carbocycles. The van der Waals surface area contributed by atoms with Crippen molar-refractivity contribution in [3.05, 3.63) is 70.8 Å². The minimum atomic E-state index is -0.782. The fourth-order valence-corrected chi connectivity index (χ4v) is 4.11. The summed E-state index contributed by atoms with van der Waals surface area (Å²) in [7, 11) is 0. The van der Waals surface area contributed by atoms with Gasteiger partial charge < -0.3 is 14.6 Å². The quantitative estimate of drug-likeness (QED) is 0.495. The molecule has 0 bridgehead atoms. The minimum Gasteiger partial charge on any atom is -0.478 e. The van der Waals surface area contributed by atoms with Gasteiger partial charge >= 0.3 is 0 Å². The van der Waals surface area contributed by atoms with Crippen molar-refractivity contribution >= 4 is 0 Å². The van der Waals surface area contributed by atoms with Gasteiger partial charge in [-0.2, -0.15) is 0 Å². The molecule has 0 amide bonds. The molecule has 6 heteroatoms. The molecule has 1 atom stereocenters. The van der Waals surface area contributed by atoms with Crippen LogP contribution in [0.25, 0.3) is 11.1 Å². The molecule has 5 nitrogen and oxygen atoms in total. The zero-order valence-electron chi connectivity index (χ0n) is 19.7. The Morgan fingerprint density at radius 3 is 2.61 bits per heavy atom. The molecule has 0 saturated heterocycles. The van der Waals surface area contributed by atoms with Gasteiger partial charge in [-0.1, -0.05) is 13.0 Å². The molecule has 1 N–H and O–H groups in total. The molecule has 0 spiro atoms. The van der Waals surface area contributed by atoms with Crippen LogP contribution in [-0.2, 0) is 19.4 Å². The largest absolute Gasteiger partial charge is 0.478 e. The van der Waals surface area contributed by atoms with Gasteiger partial charge in [0, 0.05) is 41.6 Å². The lowest BCUT2D eigenvalue weighted by Crippen LogP contribution is -2.22. The molecular formula is C27H31FN2O3. The number of rotatable bonds is 8. The summed E-state index contributed by atoms with van der Waals surface area (Å²) in [5.74, 6) is 1.34. The highest BCUT2D eigenvalue weighted by atomic mass is 19.1. The monoisotopic (exact) mass is 450 g/mol. The van der Waals surface area contributed by atoms with Crippen molar-refractivity contribution in [3.8, 4) is 22.9 Å². The molecule has 33 heavy (non-hydrogen) atoms. The van der Waals surface area contributed by atoms with Crippen LogP contribution >= 0.6 is 0 Å². The van der Waals surface area contributed by atoms with Crippen molar-refractivity contribution in [2.24, 2.45) is 5.92 Å². The Hall–Kier alpha value is -2.99. The second kappa shape index (κ2) is 9.48. The van der Waals surface area contributed by atoms with E-state index >= 15 is 0 Å². The Morgan fingerprint density at radius 1 is 1.06 bits per heavy atom. The average Bonchev–Trinajstić information content (AvgIpc) is 3.12. The molecule has 0 radical (unpaired) electrons. The standard InChI is InChI=1S/C27H31FN2O3/c1-17-11-20-14-26(29-15-21(20)12-17)33-16-22-13-19(5-7-24(22)28)23-6-8-25(30-18(23)2)32-10-9-27(3,4)31/h5-8,13-15,17,31H,9-12,16H2,1-4H3. The molecule has 1 aromatic carbocycles. The minimum absolute atomic E-state index is 0.103. The number of ether oxygens (including phenoxy) is 2. The van der Waals surface area contributed by atoms with Crippen molar-refractivity contribution in [2.45, 2.75) is 59.2 Å². The maximum atomic E-state index is 14.5. The van der Waals surface area contributed by atoms with Gasteiger partial charge in [0.15, 0.2) is 0 Å². The SMILES string of the molecule is Cc1nc(OCCC(C)(C)O)ccc1-c1ccc(F)c(COc2cc3c(cn2)CC(C)C3)c1. The third kappa shape index (κ3) is 5.88. The molecule has 1 aliphatic carbocycles. The first-order chi connectivity index (χ1) is 15.7. The maximum absolute atomic E-state index is 14.5. The number of aryl methyl sites for hydroxylation is 1. The van der Waals surface area contributed by atoms with Gasteiger partial charge in [-0.15, -0.1) is 0 Å². The highest BCUT2D eigenvalue weighted by molar-refractivity contribution is 5.67. The molecule has 1 aliphatic rings. The van der Waals surface area contributed by atoms with Crippen molar-refractivity contribution in [1.29, 1.82) is 0 Å². The van der Waals surface area contributed by atoms with Crippen LogP contribution in [0.15, 0.2) is 42.6 Å². The molecule has 3 aromatic rings. The van der Waals surface area contributed by atoms with E-state index in [-0.39, 0.29) is 12.4 Å². The normalized spacial score (nSPS) is 15.4. The van der Waals surface area contributed by atoms with Crippen LogP contribution in [0, 0.1) is 18.7 Å². The van der Waals surface area contributed by atoms with Gasteiger partial charge in [0.1, 0.15) is 12.4 Å². The lowest BCUT2D eigenvalue weighted by Gasteiger charge is -2.17. The average molecular weight is 451 g/mol. The van der Waals surface area contributed by atoms with E-state index in [1.54, 1.807) is 32.0 Å². The lowest BCUT2D eigenvalue weighted by molar-refractivity contribution is 0.0547. The summed E-state index contributed by atoms with van der Waals surface area (Å²) in [4.78, 5) is 8.90. The third-order valence-corrected chi connectivity index (χ3v) is 5.95. The Kier molecular flexibility index (Phi) is 6.66. The zero-order valence-corrected chi connectivity index (χ0v) is 19.7. The van der Waals surface area contributed by atoms with Crippen LogP contribution in [0.5, 0.6) is 11.8 Å². The number of fused-ring (bicyclic) bond motifs is 1. The van der Waals surface area contributed by atoms with E-state index in [0.29, 0.717) is 36.3 Å². The molecule has 2 heterocycles. The molecule has 1 unspecified atom stereocenters. The third-order valence-electron chi connectivity index (χ3n) is 5.95. The molecule has 4 rings (SSSR count). The second-order valence-electron chi connectivity index (χ2n) is 9.59. The van der Waals surface area contributed by atoms with Gasteiger partial charge in [0.25, 0.3) is 0 Å². The van der Waals surface area contributed by atoms with Gasteiger partial charge in [0.05, 0.1) is 12.2 Å². The van der Waals surface area contributed by atoms with E-state index in [4.69, 9.17) is 9.47 Å². The first kappa shape index (κ1) is 23.2. The van der Waals surface area contributed by atoms with Crippen molar-refractivity contribution in [3.63, 3.8) is 0 Å². The number of aliphatic hydroxyl groups is 1. The van der Waals surface area contributed by atoms with E-state index in [9.17, 15) is 9.50 Å². The summed E-state index contributed by atoms with van der Waals surface area (Å²) in [5.41, 5.74) is 4.77. The number of pyridine rings is 2. The van der Waals surface area contributed by atoms with E-state index < -0.39 is 5.60 Å². The summed E-state index contributed by atoms with van der Waals surface area (Å²) in [5, 5.41) is 9.81. The van der Waals surface area contributed by atoms with Crippen LogP contribution in [-0.4, -0.2) is 27.3 Å². The second-order valence-corrected chi connectivity index (χ2v) is 9.59. The van der Waals surface area contributed by atoms with Crippen molar-refractivity contribution < 1.29 is 19.0 Å². The molecule has 174 valence electrons. The summed E-state index contributed by atoms with van der Waals surface area (Å²) >= 11 is 0. The van der Waals surface area contributed by atoms with Crippen LogP contribution in [0.1, 0.15) is 49.6 Å². The Labute approximate surface area is 194 Å². The summed E-state index contributed by atoms with van der Waals surface area (Å²) in [6, 6.07) is 10.7. The Balaban J connectivity index is 1.45. The number of benzene rings is 1. The number of aromatic nitrogens is 2. The summed E-state index contributed by atoms with van der Waals surface area (Å²) < 4.78 is 26.0. The first-order valence-corrected chi connectivity index (χ1v) is 11.4. The van der Waals surface area contributed by atoms with Gasteiger partial charge in [0.2, 0.25) is 11.8 Å². The topological polar surface area (TPSA) is 64.5 Å². The van der Waals surface area contributed by atoms with E-state index in [2.05, 4.69) is 16.9 Å². The Morgan fingerprint density at radius 2 is 1.85 bits per heavy atom. The number of nitrogens with zero attached hydrogens (tertiary/aromatic N) is 2. The summed E-state index contributed by atoms with van der Waals surface area (Å²) in [6.45, 7) is 8.10. The van der Waals surface area contributed by atoms with E-state index in [0.717, 1.165) is 29.7 Å². The van der Waals surface area contributed by atoms with Crippen molar-refractivity contribution in [2.75, 3.05) is 6.61 Å². The van der Waals surface area contributed by atoms with Crippen LogP contribution in [0.3, 0.4) is 0 Å². The highest BCUT2D eigenvalue weighted by Gasteiger charge is 2.19. The predicted molar refractivity (Wildman–Crippen MR) is 126 cm³/mol. The fraction of sp³-hybridized carbons (Fsp3) is 0.407. The molecule has 2 aromatic heterocycles. The van der Waals surface area contributed by atoms with Crippen LogP contribution in [0.4, 0.5) is 4.39 Å². The van der Waals surface area contributed by atoms with E-state index in [1.165, 1.54) is 17.2 Å². The molecular weight excluding hydrogens is 419 g/mol. The fourth-order valence-electron chi connectivity index (χ4n) is 4.11. The number of halogens is 1. The van der Waals surface area contributed by atoms with Crippen LogP contribution in [0.2, 0.25) is 0 Å². The van der Waals surface area contributed by atoms with Gasteiger partial charge in [-0.3, -0.25) is 0 Å². The number of hydrogen-bond acceptors (Lipinski definition) is 5. The van der Waals surface area contributed by atoms with Gasteiger partial charge in [-0.05, 0) is 74.4 Å². The lowest BCUT2D eigenvalue weighted by atomic mass is 10.0. The van der Waals surface area contributed by atoms with Crippen LogP contribution < -0.4 is 9.47 Å². The Bertz CT molecular complexity index is 1140. The zero-order chi connectivity index (χ0) is 23.6. The van der Waals surface area contributed by atoms with Crippen molar-refractivity contribution in [1.82, 2.24) is 9.97 Å². The van der Waals surface area contributed by atoms with Gasteiger partial charge in [-0.25, -0.2) is 14.4 Å². The maximum Gasteiger partial charge on any atom is 0.213 e. The predicted octanol–water partition coefficient (Wildman–Crippen LogP) is 5.44. The molecule has 0 aliphatic heterocycles. The first-order valence-electron chi connectivity index (χ1n) is 11.4.